The molecule has 0 aromatic heterocycles. The number of ether oxygens (including phenoxy) is 3. The van der Waals surface area contributed by atoms with Crippen LogP contribution in [0.15, 0.2) is 17.0 Å². The molecule has 0 aliphatic carbocycles. The molecular weight excluding hydrogens is 352 g/mol. The van der Waals surface area contributed by atoms with Crippen molar-refractivity contribution in [3.8, 4) is 11.5 Å². The second kappa shape index (κ2) is 9.98. The van der Waals surface area contributed by atoms with Gasteiger partial charge in [0, 0.05) is 25.0 Å². The number of likely N-dealkylation sites (N-methyl/N-ethyl adjacent to an activating group) is 1. The van der Waals surface area contributed by atoms with Crippen LogP contribution < -0.4 is 14.8 Å². The Kier molecular flexibility index (Phi) is 8.69. The number of carbonyl (C=O) groups is 1. The van der Waals surface area contributed by atoms with Gasteiger partial charge in [-0.15, -0.1) is 24.2 Å². The van der Waals surface area contributed by atoms with Gasteiger partial charge in [0.05, 0.1) is 27.4 Å². The van der Waals surface area contributed by atoms with Crippen LogP contribution in [0.25, 0.3) is 0 Å². The van der Waals surface area contributed by atoms with Crippen molar-refractivity contribution in [1.29, 1.82) is 0 Å². The van der Waals surface area contributed by atoms with Crippen molar-refractivity contribution in [2.45, 2.75) is 17.5 Å². The lowest BCUT2D eigenvalue weighted by molar-refractivity contribution is -0.135. The Morgan fingerprint density at radius 2 is 2.04 bits per heavy atom. The number of thioether (sulfide) groups is 1. The normalized spacial score (nSPS) is 16.9. The van der Waals surface area contributed by atoms with E-state index in [0.29, 0.717) is 37.8 Å². The molecule has 1 saturated heterocycles. The molecule has 0 bridgehead atoms. The van der Waals surface area contributed by atoms with Crippen molar-refractivity contribution in [2.24, 2.45) is 0 Å². The van der Waals surface area contributed by atoms with Gasteiger partial charge in [-0.2, -0.15) is 0 Å². The van der Waals surface area contributed by atoms with Crippen molar-refractivity contribution in [3.05, 3.63) is 17.7 Å². The first-order chi connectivity index (χ1) is 11.1. The van der Waals surface area contributed by atoms with Crippen molar-refractivity contribution >= 4 is 30.1 Å². The number of methoxy groups -OCH3 is 2. The van der Waals surface area contributed by atoms with Crippen molar-refractivity contribution in [2.75, 3.05) is 47.3 Å². The molecule has 0 saturated carbocycles. The molecule has 136 valence electrons. The number of hydrogen-bond acceptors (Lipinski definition) is 6. The molecule has 24 heavy (non-hydrogen) atoms. The van der Waals surface area contributed by atoms with E-state index >= 15 is 0 Å². The number of morpholine rings is 1. The Labute approximate surface area is 153 Å². The molecule has 1 N–H and O–H groups in total. The summed E-state index contributed by atoms with van der Waals surface area (Å²) in [5, 5.41) is 3.19. The number of nitrogens with zero attached hydrogens (tertiary/aromatic N) is 1. The molecule has 1 aromatic rings. The molecule has 0 radical (unpaired) electrons. The van der Waals surface area contributed by atoms with Gasteiger partial charge >= 0.3 is 0 Å². The molecule has 1 unspecified atom stereocenters. The van der Waals surface area contributed by atoms with Crippen LogP contribution in [0.1, 0.15) is 5.56 Å². The molecular formula is C16H25ClN2O4S. The van der Waals surface area contributed by atoms with Crippen LogP contribution in [0, 0.1) is 0 Å². The van der Waals surface area contributed by atoms with E-state index in [1.807, 2.05) is 18.4 Å². The fourth-order valence-corrected chi connectivity index (χ4v) is 3.15. The Morgan fingerprint density at radius 1 is 1.38 bits per heavy atom. The zero-order valence-corrected chi connectivity index (χ0v) is 16.1. The minimum atomic E-state index is -0.272. The number of carbonyl (C=O) groups excluding carboxylic acids is 1. The summed E-state index contributed by atoms with van der Waals surface area (Å²) >= 11 is 1.62. The monoisotopic (exact) mass is 376 g/mol. The van der Waals surface area contributed by atoms with E-state index in [9.17, 15) is 4.79 Å². The Morgan fingerprint density at radius 3 is 2.58 bits per heavy atom. The molecule has 2 rings (SSSR count). The lowest BCUT2D eigenvalue weighted by Crippen LogP contribution is -2.51. The smallest absolute Gasteiger partial charge is 0.242 e. The summed E-state index contributed by atoms with van der Waals surface area (Å²) in [7, 11) is 5.03. The Hall–Kier alpha value is -1.15. The fraction of sp³-hybridized carbons (Fsp3) is 0.562. The third kappa shape index (κ3) is 4.92. The van der Waals surface area contributed by atoms with E-state index in [1.54, 1.807) is 37.9 Å². The Bertz CT molecular complexity index is 553. The van der Waals surface area contributed by atoms with Gasteiger partial charge in [-0.1, -0.05) is 0 Å². The van der Waals surface area contributed by atoms with Crippen LogP contribution >= 0.6 is 24.2 Å². The highest BCUT2D eigenvalue weighted by Gasteiger charge is 2.25. The largest absolute Gasteiger partial charge is 0.493 e. The van der Waals surface area contributed by atoms with Gasteiger partial charge in [-0.25, -0.2) is 0 Å². The summed E-state index contributed by atoms with van der Waals surface area (Å²) in [6.45, 7) is 2.29. The molecule has 1 aliphatic rings. The van der Waals surface area contributed by atoms with Crippen LogP contribution in [0.5, 0.6) is 11.5 Å². The number of rotatable bonds is 6. The molecule has 1 atom stereocenters. The first-order valence-electron chi connectivity index (χ1n) is 7.45. The van der Waals surface area contributed by atoms with Gasteiger partial charge in [0.2, 0.25) is 5.91 Å². The van der Waals surface area contributed by atoms with Gasteiger partial charge in [0.25, 0.3) is 0 Å². The maximum Gasteiger partial charge on any atom is 0.242 e. The van der Waals surface area contributed by atoms with Crippen LogP contribution in [0.4, 0.5) is 0 Å². The number of nitrogens with one attached hydrogen (secondary N) is 1. The molecule has 1 heterocycles. The van der Waals surface area contributed by atoms with E-state index in [4.69, 9.17) is 14.2 Å². The lowest BCUT2D eigenvalue weighted by atomic mass is 10.1. The number of benzene rings is 1. The maximum absolute atomic E-state index is 12.5. The van der Waals surface area contributed by atoms with Gasteiger partial charge in [-0.05, 0) is 24.0 Å². The number of halogens is 1. The zero-order chi connectivity index (χ0) is 16.8. The lowest BCUT2D eigenvalue weighted by Gasteiger charge is -2.28. The molecule has 1 aliphatic heterocycles. The summed E-state index contributed by atoms with van der Waals surface area (Å²) in [6.07, 6.45) is 2.00. The quantitative estimate of drug-likeness (QED) is 0.764. The minimum Gasteiger partial charge on any atom is -0.493 e. The molecule has 0 spiro atoms. The third-order valence-electron chi connectivity index (χ3n) is 3.79. The molecule has 1 amide bonds. The van der Waals surface area contributed by atoms with E-state index in [0.717, 1.165) is 10.5 Å². The van der Waals surface area contributed by atoms with Gasteiger partial charge in [0.15, 0.2) is 11.5 Å². The highest BCUT2D eigenvalue weighted by Crippen LogP contribution is 2.35. The van der Waals surface area contributed by atoms with Gasteiger partial charge in [-0.3, -0.25) is 4.79 Å². The van der Waals surface area contributed by atoms with Crippen molar-refractivity contribution in [3.63, 3.8) is 0 Å². The number of hydrogen-bond donors (Lipinski definition) is 1. The van der Waals surface area contributed by atoms with E-state index < -0.39 is 0 Å². The average Bonchev–Trinajstić information content (AvgIpc) is 2.61. The fourth-order valence-electron chi connectivity index (χ4n) is 2.54. The minimum absolute atomic E-state index is 0. The first kappa shape index (κ1) is 20.9. The van der Waals surface area contributed by atoms with Gasteiger partial charge in [0.1, 0.15) is 6.04 Å². The maximum atomic E-state index is 12.5. The predicted molar refractivity (Wildman–Crippen MR) is 97.7 cm³/mol. The average molecular weight is 377 g/mol. The topological polar surface area (TPSA) is 60.0 Å². The summed E-state index contributed by atoms with van der Waals surface area (Å²) in [6, 6.07) is 3.60. The van der Waals surface area contributed by atoms with Crippen LogP contribution in [-0.2, 0) is 16.1 Å². The van der Waals surface area contributed by atoms with Crippen LogP contribution in [0.3, 0.4) is 0 Å². The second-order valence-electron chi connectivity index (χ2n) is 5.29. The van der Waals surface area contributed by atoms with E-state index in [1.165, 1.54) is 0 Å². The van der Waals surface area contributed by atoms with Crippen molar-refractivity contribution < 1.29 is 19.0 Å². The summed E-state index contributed by atoms with van der Waals surface area (Å²) < 4.78 is 16.1. The molecule has 6 nitrogen and oxygen atoms in total. The van der Waals surface area contributed by atoms with Crippen LogP contribution in [-0.4, -0.2) is 64.1 Å². The highest BCUT2D eigenvalue weighted by atomic mass is 35.5. The summed E-state index contributed by atoms with van der Waals surface area (Å²) in [5.74, 6) is 1.39. The standard InChI is InChI=1S/C16H24N2O4S.ClH/c1-18(16(19)12-10-22-6-5-17-12)9-11-7-13(20-2)14(21-3)8-15(11)23-4;/h7-8,12,17H,5-6,9-10H2,1-4H3;1H. The predicted octanol–water partition coefficient (Wildman–Crippen LogP) is 1.79. The van der Waals surface area contributed by atoms with E-state index in [-0.39, 0.29) is 24.4 Å². The second-order valence-corrected chi connectivity index (χ2v) is 6.14. The van der Waals surface area contributed by atoms with Gasteiger partial charge < -0.3 is 24.4 Å². The summed E-state index contributed by atoms with van der Waals surface area (Å²) in [4.78, 5) is 15.3. The highest BCUT2D eigenvalue weighted by molar-refractivity contribution is 7.98. The molecule has 8 heteroatoms. The zero-order valence-electron chi connectivity index (χ0n) is 14.5. The SMILES string of the molecule is COc1cc(CN(C)C(=O)C2COCCN2)c(SC)cc1OC.Cl. The molecule has 1 fully saturated rings. The molecule has 1 aromatic carbocycles. The number of amides is 1. The Balaban J connectivity index is 0.00000288. The summed E-state index contributed by atoms with van der Waals surface area (Å²) in [5.41, 5.74) is 1.03. The first-order valence-corrected chi connectivity index (χ1v) is 8.68. The van der Waals surface area contributed by atoms with Crippen LogP contribution in [0.2, 0.25) is 0 Å². The van der Waals surface area contributed by atoms with E-state index in [2.05, 4.69) is 5.32 Å². The van der Waals surface area contributed by atoms with Crippen molar-refractivity contribution in [1.82, 2.24) is 10.2 Å². The third-order valence-corrected chi connectivity index (χ3v) is 4.61.